The summed E-state index contributed by atoms with van der Waals surface area (Å²) in [6, 6.07) is 2.01. The molecule has 0 fully saturated rings. The molecule has 8 nitrogen and oxygen atoms in total. The number of nitrogen functional groups attached to an aromatic ring is 2. The monoisotopic (exact) mass is 327 g/mol. The number of aromatic amines is 1. The zero-order valence-electron chi connectivity index (χ0n) is 13.0. The minimum atomic E-state index is -0.922. The molecule has 1 heterocycles. The summed E-state index contributed by atoms with van der Waals surface area (Å²) < 4.78 is 4.72. The van der Waals surface area contributed by atoms with E-state index >= 15 is 0 Å². The second-order valence-electron chi connectivity index (χ2n) is 5.00. The lowest BCUT2D eigenvalue weighted by molar-refractivity contribution is -0.142. The normalized spacial score (nSPS) is 11.3. The first-order valence-electron chi connectivity index (χ1n) is 6.97. The topological polar surface area (TPSA) is 136 Å². The third kappa shape index (κ3) is 3.64. The van der Waals surface area contributed by atoms with E-state index in [1.807, 2.05) is 0 Å². The molecule has 0 saturated heterocycles. The molecule has 1 aromatic heterocycles. The summed E-state index contributed by atoms with van der Waals surface area (Å²) in [4.78, 5) is 31.1. The van der Waals surface area contributed by atoms with Gasteiger partial charge in [0.2, 0.25) is 0 Å². The van der Waals surface area contributed by atoms with Gasteiger partial charge in [-0.2, -0.15) is 0 Å². The maximum Gasteiger partial charge on any atom is 0.328 e. The number of methoxy groups -OCH3 is 1. The average molecular weight is 327 g/mol. The van der Waals surface area contributed by atoms with Crippen molar-refractivity contribution in [2.75, 3.05) is 18.6 Å². The molecule has 1 aromatic carbocycles. The Morgan fingerprint density at radius 3 is 2.58 bits per heavy atom. The Kier molecular flexibility index (Phi) is 5.06. The molecule has 0 unspecified atom stereocenters. The summed E-state index contributed by atoms with van der Waals surface area (Å²) in [6.45, 7) is 0. The summed E-state index contributed by atoms with van der Waals surface area (Å²) >= 11 is 0. The number of carbonyl (C=O) groups is 2. The van der Waals surface area contributed by atoms with Gasteiger partial charge in [0.1, 0.15) is 6.04 Å². The Bertz CT molecular complexity index is 770. The van der Waals surface area contributed by atoms with Crippen molar-refractivity contribution >= 4 is 23.3 Å². The van der Waals surface area contributed by atoms with Crippen LogP contribution in [0, 0.1) is 12.3 Å². The number of anilines is 2. The number of hydrogen-bond acceptors (Lipinski definition) is 6. The number of nitrogens with one attached hydrogen (secondary N) is 2. The fraction of sp³-hybridized carbons (Fsp3) is 0.188. The Morgan fingerprint density at radius 2 is 2.08 bits per heavy atom. The molecule has 0 aliphatic heterocycles. The van der Waals surface area contributed by atoms with E-state index in [1.54, 1.807) is 6.20 Å². The number of benzene rings is 1. The van der Waals surface area contributed by atoms with Crippen LogP contribution in [0.15, 0.2) is 24.7 Å². The molecular weight excluding hydrogens is 310 g/mol. The van der Waals surface area contributed by atoms with E-state index in [4.69, 9.17) is 22.6 Å². The summed E-state index contributed by atoms with van der Waals surface area (Å²) in [5.74, 6) is 1.20. The first-order chi connectivity index (χ1) is 11.5. The van der Waals surface area contributed by atoms with E-state index in [-0.39, 0.29) is 23.4 Å². The zero-order valence-corrected chi connectivity index (χ0v) is 13.0. The second kappa shape index (κ2) is 7.19. The number of rotatable bonds is 5. The third-order valence-electron chi connectivity index (χ3n) is 3.36. The van der Waals surface area contributed by atoms with Crippen LogP contribution in [-0.4, -0.2) is 35.0 Å². The fourth-order valence-corrected chi connectivity index (χ4v) is 2.22. The fourth-order valence-electron chi connectivity index (χ4n) is 2.22. The predicted molar refractivity (Wildman–Crippen MR) is 88.8 cm³/mol. The molecule has 124 valence electrons. The van der Waals surface area contributed by atoms with Crippen molar-refractivity contribution in [1.82, 2.24) is 15.3 Å². The number of H-pyrrole nitrogens is 1. The van der Waals surface area contributed by atoms with E-state index < -0.39 is 17.9 Å². The molecule has 0 radical (unpaired) electrons. The maximum absolute atomic E-state index is 12.5. The highest BCUT2D eigenvalue weighted by molar-refractivity contribution is 6.05. The minimum absolute atomic E-state index is 0.0625. The number of esters is 1. The number of imidazole rings is 1. The molecule has 1 atom stereocenters. The van der Waals surface area contributed by atoms with Crippen molar-refractivity contribution in [3.05, 3.63) is 41.5 Å². The lowest BCUT2D eigenvalue weighted by Gasteiger charge is -2.17. The lowest BCUT2D eigenvalue weighted by atomic mass is 10.0. The first kappa shape index (κ1) is 16.9. The van der Waals surface area contributed by atoms with E-state index in [2.05, 4.69) is 21.2 Å². The number of aromatic nitrogens is 2. The predicted octanol–water partition coefficient (Wildman–Crippen LogP) is 0.0695. The van der Waals surface area contributed by atoms with Crippen molar-refractivity contribution < 1.29 is 14.3 Å². The Balaban J connectivity index is 2.25. The molecule has 0 saturated carbocycles. The number of carbonyl (C=O) groups excluding carboxylic acids is 2. The van der Waals surface area contributed by atoms with Gasteiger partial charge in [0, 0.05) is 35.2 Å². The zero-order chi connectivity index (χ0) is 17.7. The van der Waals surface area contributed by atoms with Gasteiger partial charge in [-0.3, -0.25) is 4.79 Å². The molecule has 2 aromatic rings. The van der Waals surface area contributed by atoms with Crippen LogP contribution in [0.5, 0.6) is 0 Å². The van der Waals surface area contributed by atoms with Crippen LogP contribution in [0.25, 0.3) is 0 Å². The summed E-state index contributed by atoms with van der Waals surface area (Å²) in [5, 5.41) is 2.57. The van der Waals surface area contributed by atoms with Crippen molar-refractivity contribution in [2.45, 2.75) is 12.5 Å². The van der Waals surface area contributed by atoms with Crippen molar-refractivity contribution in [2.24, 2.45) is 0 Å². The maximum atomic E-state index is 12.5. The average Bonchev–Trinajstić information content (AvgIpc) is 3.05. The summed E-state index contributed by atoms with van der Waals surface area (Å²) in [6.07, 6.45) is 8.50. The van der Waals surface area contributed by atoms with E-state index in [0.717, 1.165) is 0 Å². The van der Waals surface area contributed by atoms with Crippen LogP contribution in [-0.2, 0) is 16.0 Å². The molecular formula is C16H17N5O3. The third-order valence-corrected chi connectivity index (χ3v) is 3.36. The van der Waals surface area contributed by atoms with Gasteiger partial charge < -0.3 is 26.5 Å². The summed E-state index contributed by atoms with van der Waals surface area (Å²) in [5.41, 5.74) is 13.1. The Morgan fingerprint density at radius 1 is 1.42 bits per heavy atom. The lowest BCUT2D eigenvalue weighted by Crippen LogP contribution is -2.43. The number of nitrogens with two attached hydrogens (primary N) is 2. The van der Waals surface area contributed by atoms with Crippen molar-refractivity contribution in [3.63, 3.8) is 0 Å². The van der Waals surface area contributed by atoms with Crippen LogP contribution < -0.4 is 16.8 Å². The number of nitrogens with zero attached hydrogens (tertiary/aromatic N) is 1. The van der Waals surface area contributed by atoms with Gasteiger partial charge in [0.25, 0.3) is 5.91 Å². The smallest absolute Gasteiger partial charge is 0.328 e. The highest BCUT2D eigenvalue weighted by Crippen LogP contribution is 2.22. The van der Waals surface area contributed by atoms with Crippen LogP contribution in [0.4, 0.5) is 11.4 Å². The number of ether oxygens (including phenoxy) is 1. The molecule has 0 spiro atoms. The second-order valence-corrected chi connectivity index (χ2v) is 5.00. The number of terminal acetylenes is 1. The SMILES string of the molecule is C#Cc1cc(N)c(C(=O)N[C@H](Cc2cnc[nH]2)C(=O)OC)c(N)c1. The van der Waals surface area contributed by atoms with Gasteiger partial charge in [-0.25, -0.2) is 9.78 Å². The Hall–Kier alpha value is -3.47. The van der Waals surface area contributed by atoms with Gasteiger partial charge >= 0.3 is 5.97 Å². The highest BCUT2D eigenvalue weighted by atomic mass is 16.5. The van der Waals surface area contributed by atoms with Crippen molar-refractivity contribution in [1.29, 1.82) is 0 Å². The van der Waals surface area contributed by atoms with Crippen LogP contribution >= 0.6 is 0 Å². The van der Waals surface area contributed by atoms with E-state index in [0.29, 0.717) is 11.3 Å². The number of amides is 1. The van der Waals surface area contributed by atoms with E-state index in [9.17, 15) is 9.59 Å². The molecule has 1 amide bonds. The largest absolute Gasteiger partial charge is 0.467 e. The quantitative estimate of drug-likeness (QED) is 0.348. The highest BCUT2D eigenvalue weighted by Gasteiger charge is 2.25. The molecule has 0 aliphatic carbocycles. The molecule has 0 bridgehead atoms. The Labute approximate surface area is 138 Å². The van der Waals surface area contributed by atoms with Gasteiger partial charge in [-0.15, -0.1) is 6.42 Å². The molecule has 2 rings (SSSR count). The molecule has 8 heteroatoms. The first-order valence-corrected chi connectivity index (χ1v) is 6.97. The van der Waals surface area contributed by atoms with Crippen LogP contribution in [0.3, 0.4) is 0 Å². The summed E-state index contributed by atoms with van der Waals surface area (Å²) in [7, 11) is 1.24. The van der Waals surface area contributed by atoms with Gasteiger partial charge in [0.05, 0.1) is 19.0 Å². The standard InChI is InChI=1S/C16H17N5O3/c1-3-9-4-11(17)14(12(18)5-9)15(22)21-13(16(23)24-2)6-10-7-19-8-20-10/h1,4-5,7-8,13H,6,17-18H2,2H3,(H,19,20)(H,21,22)/t13-/m1/s1. The van der Waals surface area contributed by atoms with Crippen LogP contribution in [0.2, 0.25) is 0 Å². The van der Waals surface area contributed by atoms with Gasteiger partial charge in [-0.1, -0.05) is 5.92 Å². The number of hydrogen-bond donors (Lipinski definition) is 4. The molecule has 0 aliphatic rings. The van der Waals surface area contributed by atoms with Crippen LogP contribution in [0.1, 0.15) is 21.6 Å². The van der Waals surface area contributed by atoms with Crippen molar-refractivity contribution in [3.8, 4) is 12.3 Å². The van der Waals surface area contributed by atoms with Gasteiger partial charge in [0.15, 0.2) is 0 Å². The minimum Gasteiger partial charge on any atom is -0.467 e. The van der Waals surface area contributed by atoms with E-state index in [1.165, 1.54) is 25.6 Å². The molecule has 6 N–H and O–H groups in total. The van der Waals surface area contributed by atoms with Gasteiger partial charge in [-0.05, 0) is 12.1 Å². The molecule has 24 heavy (non-hydrogen) atoms.